The van der Waals surface area contributed by atoms with Crippen LogP contribution in [0.15, 0.2) is 0 Å². The molecule has 9 nitrogen and oxygen atoms in total. The van der Waals surface area contributed by atoms with Gasteiger partial charge in [0.15, 0.2) is 0 Å². The topological polar surface area (TPSA) is 127 Å². The van der Waals surface area contributed by atoms with E-state index < -0.39 is 29.7 Å². The Morgan fingerprint density at radius 2 is 1.75 bits per heavy atom. The van der Waals surface area contributed by atoms with E-state index in [2.05, 4.69) is 10.6 Å². The average molecular weight is 338 g/mol. The second-order valence-corrected chi connectivity index (χ2v) is 6.25. The average Bonchev–Trinajstić information content (AvgIpc) is 2.68. The highest BCUT2D eigenvalue weighted by atomic mass is 16.5. The van der Waals surface area contributed by atoms with Gasteiger partial charge in [-0.15, -0.1) is 0 Å². The van der Waals surface area contributed by atoms with Crippen LogP contribution in [0, 0.1) is 30.9 Å². The van der Waals surface area contributed by atoms with Gasteiger partial charge < -0.3 is 10.3 Å². The van der Waals surface area contributed by atoms with Crippen molar-refractivity contribution < 1.29 is 24.2 Å². The number of imide groups is 2. The number of aromatic nitrogens is 2. The minimum absolute atomic E-state index is 0.176. The molecule has 1 aromatic heterocycles. The molecule has 1 saturated heterocycles. The molecule has 2 heterocycles. The molecule has 1 unspecified atom stereocenters. The smallest absolute Gasteiger partial charge is 0.328 e. The van der Waals surface area contributed by atoms with Gasteiger partial charge >= 0.3 is 6.03 Å². The fraction of sp³-hybridized carbons (Fsp3) is 0.600. The molecule has 4 amide bonds. The number of carbonyl (C=O) groups excluding carboxylic acids is 3. The standard InChI is InChI=1S/C15H22N4O5/c1-7(2)10(11-12(21)16-15(23)17-13(11)22)14-18(5-6-20)8(3)9(4)19(14)24/h7,10-11,20H,5-6H2,1-4H3,(H2,16,17,21,22,23). The molecule has 0 aromatic carbocycles. The maximum atomic E-state index is 12.6. The fourth-order valence-electron chi connectivity index (χ4n) is 3.18. The summed E-state index contributed by atoms with van der Waals surface area (Å²) < 4.78 is 2.33. The first-order chi connectivity index (χ1) is 11.2. The lowest BCUT2D eigenvalue weighted by Gasteiger charge is -2.29. The van der Waals surface area contributed by atoms with Crippen molar-refractivity contribution >= 4 is 17.8 Å². The van der Waals surface area contributed by atoms with Crippen LogP contribution in [0.2, 0.25) is 0 Å². The van der Waals surface area contributed by atoms with Gasteiger partial charge in [-0.2, -0.15) is 0 Å². The summed E-state index contributed by atoms with van der Waals surface area (Å²) in [5.74, 6) is -3.39. The third-order valence-corrected chi connectivity index (χ3v) is 4.46. The van der Waals surface area contributed by atoms with E-state index in [0.717, 1.165) is 0 Å². The van der Waals surface area contributed by atoms with Crippen LogP contribution in [0.25, 0.3) is 0 Å². The van der Waals surface area contributed by atoms with Gasteiger partial charge in [0.25, 0.3) is 5.82 Å². The molecular weight excluding hydrogens is 316 g/mol. The first-order valence-corrected chi connectivity index (χ1v) is 7.76. The van der Waals surface area contributed by atoms with Gasteiger partial charge in [0, 0.05) is 13.8 Å². The summed E-state index contributed by atoms with van der Waals surface area (Å²) in [6.45, 7) is 6.96. The van der Waals surface area contributed by atoms with Gasteiger partial charge in [0.1, 0.15) is 23.9 Å². The summed E-state index contributed by atoms with van der Waals surface area (Å²) >= 11 is 0. The summed E-state index contributed by atoms with van der Waals surface area (Å²) in [5.41, 5.74) is 1.10. The number of rotatable bonds is 5. The van der Waals surface area contributed by atoms with Crippen molar-refractivity contribution in [3.63, 3.8) is 0 Å². The lowest BCUT2D eigenvalue weighted by atomic mass is 9.80. The predicted molar refractivity (Wildman–Crippen MR) is 82.7 cm³/mol. The molecule has 1 aliphatic rings. The van der Waals surface area contributed by atoms with E-state index in [9.17, 15) is 24.7 Å². The zero-order valence-electron chi connectivity index (χ0n) is 14.1. The van der Waals surface area contributed by atoms with Gasteiger partial charge in [-0.05, 0) is 5.92 Å². The van der Waals surface area contributed by atoms with E-state index in [1.165, 1.54) is 0 Å². The summed E-state index contributed by atoms with van der Waals surface area (Å²) in [7, 11) is 0. The third kappa shape index (κ3) is 2.86. The Hall–Kier alpha value is -2.42. The Morgan fingerprint density at radius 1 is 1.21 bits per heavy atom. The number of hydrogen-bond acceptors (Lipinski definition) is 5. The van der Waals surface area contributed by atoms with Crippen molar-refractivity contribution in [2.45, 2.75) is 40.2 Å². The third-order valence-electron chi connectivity index (χ3n) is 4.46. The van der Waals surface area contributed by atoms with Crippen molar-refractivity contribution in [1.29, 1.82) is 0 Å². The van der Waals surface area contributed by atoms with Crippen LogP contribution in [-0.4, -0.2) is 34.1 Å². The number of hydrogen-bond donors (Lipinski definition) is 3. The van der Waals surface area contributed by atoms with Gasteiger partial charge in [-0.25, -0.2) is 14.1 Å². The zero-order chi connectivity index (χ0) is 18.2. The Labute approximate surface area is 139 Å². The Balaban J connectivity index is 2.61. The van der Waals surface area contributed by atoms with E-state index in [1.54, 1.807) is 32.3 Å². The number of barbiturate groups is 1. The van der Waals surface area contributed by atoms with Crippen LogP contribution in [0.3, 0.4) is 0 Å². The van der Waals surface area contributed by atoms with Crippen LogP contribution in [0.4, 0.5) is 4.79 Å². The highest BCUT2D eigenvalue weighted by Gasteiger charge is 2.47. The largest absolute Gasteiger partial charge is 0.711 e. The number of imidazole rings is 1. The van der Waals surface area contributed by atoms with Crippen LogP contribution in [-0.2, 0) is 16.1 Å². The number of carbonyl (C=O) groups is 3. The van der Waals surface area contributed by atoms with Crippen molar-refractivity contribution in [3.05, 3.63) is 22.4 Å². The van der Waals surface area contributed by atoms with E-state index >= 15 is 0 Å². The maximum Gasteiger partial charge on any atom is 0.328 e. The highest BCUT2D eigenvalue weighted by Crippen LogP contribution is 2.33. The minimum Gasteiger partial charge on any atom is -0.711 e. The Morgan fingerprint density at radius 3 is 2.21 bits per heavy atom. The van der Waals surface area contributed by atoms with Gasteiger partial charge in [0.05, 0.1) is 12.5 Å². The van der Waals surface area contributed by atoms with Gasteiger partial charge in [0.2, 0.25) is 11.8 Å². The monoisotopic (exact) mass is 338 g/mol. The number of amides is 4. The molecule has 9 heteroatoms. The molecule has 1 aromatic rings. The molecule has 0 spiro atoms. The van der Waals surface area contributed by atoms with Crippen molar-refractivity contribution in [3.8, 4) is 0 Å². The van der Waals surface area contributed by atoms with E-state index in [4.69, 9.17) is 0 Å². The normalized spacial score (nSPS) is 17.2. The van der Waals surface area contributed by atoms with Crippen LogP contribution in [0.1, 0.15) is 37.0 Å². The van der Waals surface area contributed by atoms with E-state index in [1.807, 2.05) is 0 Å². The molecule has 0 aliphatic carbocycles. The van der Waals surface area contributed by atoms with Crippen molar-refractivity contribution in [2.24, 2.45) is 11.8 Å². The summed E-state index contributed by atoms with van der Waals surface area (Å²) in [6, 6.07) is -0.864. The molecule has 3 N–H and O–H groups in total. The van der Waals surface area contributed by atoms with Crippen LogP contribution < -0.4 is 15.4 Å². The molecule has 0 saturated carbocycles. The molecule has 0 radical (unpaired) electrons. The SMILES string of the molecule is Cc1c(C)[n+]([O-])c(C(C(C)C)C2C(=O)NC(=O)NC2=O)n1CCO. The van der Waals surface area contributed by atoms with Crippen LogP contribution in [0.5, 0.6) is 0 Å². The molecule has 2 rings (SSSR count). The quantitative estimate of drug-likeness (QED) is 0.377. The molecular formula is C15H22N4O5. The lowest BCUT2D eigenvalue weighted by Crippen LogP contribution is -2.58. The summed E-state index contributed by atoms with van der Waals surface area (Å²) in [4.78, 5) is 35.8. The predicted octanol–water partition coefficient (Wildman–Crippen LogP) is -0.548. The van der Waals surface area contributed by atoms with Crippen molar-refractivity contribution in [1.82, 2.24) is 15.2 Å². The van der Waals surface area contributed by atoms with Crippen molar-refractivity contribution in [2.75, 3.05) is 6.61 Å². The summed E-state index contributed by atoms with van der Waals surface area (Å²) in [6.07, 6.45) is 0. The van der Waals surface area contributed by atoms with Gasteiger partial charge in [-0.3, -0.25) is 20.2 Å². The maximum absolute atomic E-state index is 12.6. The minimum atomic E-state index is -1.20. The number of nitrogens with zero attached hydrogens (tertiary/aromatic N) is 2. The molecule has 1 fully saturated rings. The second kappa shape index (κ2) is 6.60. The van der Waals surface area contributed by atoms with E-state index in [0.29, 0.717) is 16.1 Å². The number of urea groups is 1. The highest BCUT2D eigenvalue weighted by molar-refractivity contribution is 6.16. The molecule has 1 aliphatic heterocycles. The Kier molecular flexibility index (Phi) is 4.93. The van der Waals surface area contributed by atoms with Gasteiger partial charge in [-0.1, -0.05) is 13.8 Å². The number of nitrogens with one attached hydrogen (secondary N) is 2. The Bertz CT molecular complexity index is 675. The first-order valence-electron chi connectivity index (χ1n) is 7.76. The second-order valence-electron chi connectivity index (χ2n) is 6.25. The molecule has 0 bridgehead atoms. The van der Waals surface area contributed by atoms with E-state index in [-0.39, 0.29) is 24.9 Å². The lowest BCUT2D eigenvalue weighted by molar-refractivity contribution is -0.622. The number of aliphatic hydroxyl groups excluding tert-OH is 1. The molecule has 1 atom stereocenters. The summed E-state index contributed by atoms with van der Waals surface area (Å²) in [5, 5.41) is 26.1. The first kappa shape index (κ1) is 17.9. The van der Waals surface area contributed by atoms with Crippen LogP contribution >= 0.6 is 0 Å². The zero-order valence-corrected chi connectivity index (χ0v) is 14.1. The molecule has 24 heavy (non-hydrogen) atoms. The fourth-order valence-corrected chi connectivity index (χ4v) is 3.18. The number of aliphatic hydroxyl groups is 1. The molecule has 132 valence electrons.